The van der Waals surface area contributed by atoms with E-state index in [0.29, 0.717) is 22.5 Å². The first-order chi connectivity index (χ1) is 11.3. The molecule has 0 saturated carbocycles. The zero-order chi connectivity index (χ0) is 18.3. The second-order valence-corrected chi connectivity index (χ2v) is 13.2. The molecule has 1 aromatic rings. The summed E-state index contributed by atoms with van der Waals surface area (Å²) < 4.78 is 6.73. The highest BCUT2D eigenvalue weighted by atomic mass is 28.4. The van der Waals surface area contributed by atoms with Gasteiger partial charge in [0.1, 0.15) is 0 Å². The maximum atomic E-state index is 6.73. The summed E-state index contributed by atoms with van der Waals surface area (Å²) in [4.78, 5) is 0. The van der Waals surface area contributed by atoms with Crippen LogP contribution in [0.2, 0.25) is 16.6 Å². The normalized spacial score (nSPS) is 13.4. The van der Waals surface area contributed by atoms with E-state index < -0.39 is 8.32 Å². The van der Waals surface area contributed by atoms with Crippen molar-refractivity contribution in [3.05, 3.63) is 60.9 Å². The first-order valence-corrected chi connectivity index (χ1v) is 11.4. The lowest BCUT2D eigenvalue weighted by Gasteiger charge is -2.43. The number of rotatable bonds is 10. The smallest absolute Gasteiger partial charge is 0.258 e. The topological polar surface area (TPSA) is 9.23 Å². The first-order valence-electron chi connectivity index (χ1n) is 9.28. The van der Waals surface area contributed by atoms with Crippen LogP contribution in [0.4, 0.5) is 0 Å². The van der Waals surface area contributed by atoms with Crippen molar-refractivity contribution in [2.24, 2.45) is 0 Å². The summed E-state index contributed by atoms with van der Waals surface area (Å²) >= 11 is 0. The number of allylic oxidation sites excluding steroid dienone is 2. The highest BCUT2D eigenvalue weighted by Gasteiger charge is 2.47. The zero-order valence-corrected chi connectivity index (χ0v) is 17.5. The Kier molecular flexibility index (Phi) is 8.01. The molecule has 0 saturated heterocycles. The third kappa shape index (κ3) is 4.86. The molecule has 0 aliphatic rings. The van der Waals surface area contributed by atoms with Crippen LogP contribution in [-0.2, 0) is 4.43 Å². The molecule has 0 bridgehead atoms. The van der Waals surface area contributed by atoms with Crippen molar-refractivity contribution in [3.63, 3.8) is 0 Å². The third-order valence-corrected chi connectivity index (χ3v) is 11.3. The molecular formula is C22H36OSi. The van der Waals surface area contributed by atoms with Crippen molar-refractivity contribution in [2.75, 3.05) is 0 Å². The Morgan fingerprint density at radius 1 is 1.00 bits per heavy atom. The van der Waals surface area contributed by atoms with Crippen LogP contribution in [0.1, 0.15) is 65.9 Å². The maximum absolute atomic E-state index is 6.73. The van der Waals surface area contributed by atoms with Gasteiger partial charge in [-0.3, -0.25) is 0 Å². The molecular weight excluding hydrogens is 308 g/mol. The van der Waals surface area contributed by atoms with E-state index in [1.54, 1.807) is 0 Å². The molecule has 0 amide bonds. The molecule has 0 fully saturated rings. The Balaban J connectivity index is 2.96. The quantitative estimate of drug-likeness (QED) is 0.243. The SMILES string of the molecule is C=CCC(CC(=C)O[Si](C(C)C)(C(C)C)C(C)C)c1ccccc1. The van der Waals surface area contributed by atoms with Crippen LogP contribution in [0.25, 0.3) is 0 Å². The molecule has 1 nitrogen and oxygen atoms in total. The first kappa shape index (κ1) is 20.8. The van der Waals surface area contributed by atoms with Crippen LogP contribution in [-0.4, -0.2) is 8.32 Å². The summed E-state index contributed by atoms with van der Waals surface area (Å²) in [5.74, 6) is 1.35. The highest BCUT2D eigenvalue weighted by Crippen LogP contribution is 2.44. The summed E-state index contributed by atoms with van der Waals surface area (Å²) in [6, 6.07) is 10.7. The van der Waals surface area contributed by atoms with Gasteiger partial charge in [-0.05, 0) is 34.5 Å². The molecule has 0 spiro atoms. The van der Waals surface area contributed by atoms with Gasteiger partial charge in [0.25, 0.3) is 8.32 Å². The van der Waals surface area contributed by atoms with Gasteiger partial charge in [0.05, 0.1) is 5.76 Å². The lowest BCUT2D eigenvalue weighted by Crippen LogP contribution is -2.47. The average molecular weight is 345 g/mol. The van der Waals surface area contributed by atoms with E-state index in [2.05, 4.69) is 85.0 Å². The van der Waals surface area contributed by atoms with Crippen LogP contribution in [0, 0.1) is 0 Å². The molecule has 0 aromatic heterocycles. The fourth-order valence-electron chi connectivity index (χ4n) is 4.18. The minimum Gasteiger partial charge on any atom is -0.546 e. The fourth-order valence-corrected chi connectivity index (χ4v) is 9.47. The average Bonchev–Trinajstić information content (AvgIpc) is 2.52. The monoisotopic (exact) mass is 344 g/mol. The van der Waals surface area contributed by atoms with Gasteiger partial charge >= 0.3 is 0 Å². The molecule has 1 aromatic carbocycles. The standard InChI is InChI=1S/C22H36OSi/c1-9-13-22(21-14-11-10-12-15-21)16-20(8)23-24(17(2)3,18(4)5)19(6)7/h9-12,14-15,17-19,22H,1,8,13,16H2,2-7H3. The van der Waals surface area contributed by atoms with Gasteiger partial charge in [-0.2, -0.15) is 0 Å². The van der Waals surface area contributed by atoms with Crippen molar-refractivity contribution in [3.8, 4) is 0 Å². The van der Waals surface area contributed by atoms with Gasteiger partial charge < -0.3 is 4.43 Å². The molecule has 24 heavy (non-hydrogen) atoms. The van der Waals surface area contributed by atoms with E-state index in [1.165, 1.54) is 5.56 Å². The lowest BCUT2D eigenvalue weighted by molar-refractivity contribution is 0.347. The maximum Gasteiger partial charge on any atom is 0.258 e. The van der Waals surface area contributed by atoms with Crippen molar-refractivity contribution >= 4 is 8.32 Å². The van der Waals surface area contributed by atoms with Gasteiger partial charge in [-0.1, -0.05) is 84.5 Å². The Labute approximate surface area is 151 Å². The van der Waals surface area contributed by atoms with Crippen LogP contribution < -0.4 is 0 Å². The summed E-state index contributed by atoms with van der Waals surface area (Å²) in [6.07, 6.45) is 3.83. The van der Waals surface area contributed by atoms with Gasteiger partial charge in [0, 0.05) is 6.42 Å². The molecule has 2 heteroatoms. The van der Waals surface area contributed by atoms with Gasteiger partial charge in [-0.25, -0.2) is 0 Å². The molecule has 0 radical (unpaired) electrons. The molecule has 0 N–H and O–H groups in total. The van der Waals surface area contributed by atoms with E-state index >= 15 is 0 Å². The van der Waals surface area contributed by atoms with Crippen LogP contribution in [0.3, 0.4) is 0 Å². The largest absolute Gasteiger partial charge is 0.546 e. The van der Waals surface area contributed by atoms with E-state index in [4.69, 9.17) is 4.43 Å². The Bertz CT molecular complexity index is 494. The van der Waals surface area contributed by atoms with Crippen molar-refractivity contribution in [2.45, 2.75) is 76.9 Å². The molecule has 134 valence electrons. The Hall–Kier alpha value is -1.28. The van der Waals surface area contributed by atoms with Crippen molar-refractivity contribution < 1.29 is 4.43 Å². The minimum atomic E-state index is -1.91. The molecule has 1 atom stereocenters. The van der Waals surface area contributed by atoms with Crippen LogP contribution >= 0.6 is 0 Å². The second kappa shape index (κ2) is 9.27. The second-order valence-electron chi connectivity index (χ2n) is 7.79. The van der Waals surface area contributed by atoms with E-state index in [-0.39, 0.29) is 0 Å². The highest BCUT2D eigenvalue weighted by molar-refractivity contribution is 6.77. The zero-order valence-electron chi connectivity index (χ0n) is 16.5. The lowest BCUT2D eigenvalue weighted by atomic mass is 9.92. The summed E-state index contributed by atoms with van der Waals surface area (Å²) in [5, 5.41) is 0. The predicted molar refractivity (Wildman–Crippen MR) is 110 cm³/mol. The number of benzene rings is 1. The molecule has 1 rings (SSSR count). The minimum absolute atomic E-state index is 0.398. The molecule has 0 aliphatic heterocycles. The summed E-state index contributed by atoms with van der Waals surface area (Å²) in [7, 11) is -1.91. The summed E-state index contributed by atoms with van der Waals surface area (Å²) in [6.45, 7) is 22.1. The predicted octanol–water partition coefficient (Wildman–Crippen LogP) is 7.44. The van der Waals surface area contributed by atoms with Gasteiger partial charge in [0.2, 0.25) is 0 Å². The third-order valence-electron chi connectivity index (χ3n) is 5.22. The van der Waals surface area contributed by atoms with Gasteiger partial charge in [-0.15, -0.1) is 6.58 Å². The van der Waals surface area contributed by atoms with E-state index in [9.17, 15) is 0 Å². The Morgan fingerprint density at radius 3 is 1.92 bits per heavy atom. The van der Waals surface area contributed by atoms with E-state index in [0.717, 1.165) is 18.6 Å². The van der Waals surface area contributed by atoms with Gasteiger partial charge in [0.15, 0.2) is 0 Å². The molecule has 0 heterocycles. The van der Waals surface area contributed by atoms with Crippen LogP contribution in [0.15, 0.2) is 55.3 Å². The van der Waals surface area contributed by atoms with Crippen LogP contribution in [0.5, 0.6) is 0 Å². The molecule has 0 aliphatic carbocycles. The molecule has 1 unspecified atom stereocenters. The number of hydrogen-bond acceptors (Lipinski definition) is 1. The van der Waals surface area contributed by atoms with Crippen molar-refractivity contribution in [1.82, 2.24) is 0 Å². The summed E-state index contributed by atoms with van der Waals surface area (Å²) in [5.41, 5.74) is 3.06. The van der Waals surface area contributed by atoms with Crippen molar-refractivity contribution in [1.29, 1.82) is 0 Å². The fraction of sp³-hybridized carbons (Fsp3) is 0.545. The van der Waals surface area contributed by atoms with E-state index in [1.807, 2.05) is 6.08 Å². The Morgan fingerprint density at radius 2 is 1.50 bits per heavy atom. The number of hydrogen-bond donors (Lipinski definition) is 0.